The summed E-state index contributed by atoms with van der Waals surface area (Å²) in [5.41, 5.74) is 2.49. The van der Waals surface area contributed by atoms with E-state index in [-0.39, 0.29) is 17.5 Å². The molecule has 0 fully saturated rings. The number of amides is 2. The largest absolute Gasteiger partial charge is 0.451 e. The molecular formula is C22H20N2O4. The van der Waals surface area contributed by atoms with Crippen molar-refractivity contribution in [2.75, 3.05) is 19.4 Å². The SMILES string of the molecule is CC(=O)c1ccc(-c2ccc(C(=O)Nc3ccc(C(=O)N(C)C)cc3)o2)cc1. The minimum Gasteiger partial charge on any atom is -0.451 e. The number of ketones is 1. The van der Waals surface area contributed by atoms with Crippen LogP contribution in [0.4, 0.5) is 5.69 Å². The molecule has 1 heterocycles. The van der Waals surface area contributed by atoms with Gasteiger partial charge < -0.3 is 14.6 Å². The lowest BCUT2D eigenvalue weighted by Gasteiger charge is -2.10. The van der Waals surface area contributed by atoms with E-state index >= 15 is 0 Å². The number of hydrogen-bond donors (Lipinski definition) is 1. The van der Waals surface area contributed by atoms with Crippen LogP contribution in [-0.4, -0.2) is 36.6 Å². The Bertz CT molecular complexity index is 1020. The molecule has 1 N–H and O–H groups in total. The first-order chi connectivity index (χ1) is 13.3. The maximum Gasteiger partial charge on any atom is 0.291 e. The van der Waals surface area contributed by atoms with E-state index in [0.29, 0.717) is 22.6 Å². The van der Waals surface area contributed by atoms with Gasteiger partial charge in [-0.1, -0.05) is 24.3 Å². The van der Waals surface area contributed by atoms with Gasteiger partial charge in [-0.05, 0) is 43.3 Å². The van der Waals surface area contributed by atoms with Gasteiger partial charge in [0.2, 0.25) is 0 Å². The van der Waals surface area contributed by atoms with E-state index < -0.39 is 5.91 Å². The number of Topliss-reactive ketones (excluding diaryl/α,β-unsaturated/α-hetero) is 1. The van der Waals surface area contributed by atoms with Crippen LogP contribution in [-0.2, 0) is 0 Å². The number of carbonyl (C=O) groups excluding carboxylic acids is 3. The number of carbonyl (C=O) groups is 3. The van der Waals surface area contributed by atoms with Crippen LogP contribution in [0, 0.1) is 0 Å². The second-order valence-corrected chi connectivity index (χ2v) is 6.53. The van der Waals surface area contributed by atoms with Gasteiger partial charge in [0.15, 0.2) is 11.5 Å². The van der Waals surface area contributed by atoms with E-state index in [0.717, 1.165) is 5.56 Å². The second kappa shape index (κ2) is 7.92. The summed E-state index contributed by atoms with van der Waals surface area (Å²) in [6, 6.07) is 16.9. The molecule has 0 spiro atoms. The Kier molecular flexibility index (Phi) is 5.40. The Hall–Kier alpha value is -3.67. The molecule has 3 aromatic rings. The number of nitrogens with one attached hydrogen (secondary N) is 1. The normalized spacial score (nSPS) is 10.4. The van der Waals surface area contributed by atoms with Crippen molar-refractivity contribution in [2.45, 2.75) is 6.92 Å². The molecule has 0 atom stereocenters. The topological polar surface area (TPSA) is 79.6 Å². The summed E-state index contributed by atoms with van der Waals surface area (Å²) in [5, 5.41) is 2.74. The fraction of sp³-hybridized carbons (Fsp3) is 0.136. The summed E-state index contributed by atoms with van der Waals surface area (Å²) in [6.07, 6.45) is 0. The highest BCUT2D eigenvalue weighted by Crippen LogP contribution is 2.23. The van der Waals surface area contributed by atoms with Gasteiger partial charge in [0.1, 0.15) is 5.76 Å². The van der Waals surface area contributed by atoms with Crippen LogP contribution >= 0.6 is 0 Å². The molecule has 1 aromatic heterocycles. The third kappa shape index (κ3) is 4.17. The molecule has 0 saturated heterocycles. The highest BCUT2D eigenvalue weighted by Gasteiger charge is 2.14. The average molecular weight is 376 g/mol. The van der Waals surface area contributed by atoms with E-state index in [9.17, 15) is 14.4 Å². The summed E-state index contributed by atoms with van der Waals surface area (Å²) in [7, 11) is 3.36. The standard InChI is InChI=1S/C22H20N2O4/c1-14(25)15-4-6-16(7-5-15)19-12-13-20(28-19)21(26)23-18-10-8-17(9-11-18)22(27)24(2)3/h4-13H,1-3H3,(H,23,26). The molecule has 142 valence electrons. The molecule has 0 aliphatic heterocycles. The average Bonchev–Trinajstić information content (AvgIpc) is 3.18. The minimum absolute atomic E-state index is 0.00985. The molecule has 0 aliphatic rings. The second-order valence-electron chi connectivity index (χ2n) is 6.53. The van der Waals surface area contributed by atoms with Crippen LogP contribution in [0.3, 0.4) is 0 Å². The number of furan rings is 1. The van der Waals surface area contributed by atoms with Crippen LogP contribution in [0.25, 0.3) is 11.3 Å². The summed E-state index contributed by atoms with van der Waals surface area (Å²) in [5.74, 6) is 0.193. The molecule has 0 saturated carbocycles. The number of rotatable bonds is 5. The van der Waals surface area contributed by atoms with Crippen LogP contribution < -0.4 is 5.32 Å². The predicted octanol–water partition coefficient (Wildman–Crippen LogP) is 4.10. The highest BCUT2D eigenvalue weighted by molar-refractivity contribution is 6.03. The highest BCUT2D eigenvalue weighted by atomic mass is 16.3. The molecule has 0 aliphatic carbocycles. The van der Waals surface area contributed by atoms with Gasteiger partial charge in [-0.3, -0.25) is 14.4 Å². The van der Waals surface area contributed by atoms with E-state index in [1.165, 1.54) is 11.8 Å². The lowest BCUT2D eigenvalue weighted by Crippen LogP contribution is -2.21. The first-order valence-corrected chi connectivity index (χ1v) is 8.69. The smallest absolute Gasteiger partial charge is 0.291 e. The van der Waals surface area contributed by atoms with E-state index in [1.54, 1.807) is 74.8 Å². The Labute approximate surface area is 162 Å². The van der Waals surface area contributed by atoms with Gasteiger partial charge >= 0.3 is 0 Å². The fourth-order valence-corrected chi connectivity index (χ4v) is 2.63. The lowest BCUT2D eigenvalue weighted by molar-refractivity contribution is 0.0827. The van der Waals surface area contributed by atoms with Crippen molar-refractivity contribution in [1.29, 1.82) is 0 Å². The Morgan fingerprint density at radius 2 is 1.43 bits per heavy atom. The van der Waals surface area contributed by atoms with Crippen LogP contribution in [0.15, 0.2) is 65.1 Å². The van der Waals surface area contributed by atoms with Crippen LogP contribution in [0.2, 0.25) is 0 Å². The molecule has 3 rings (SSSR count). The Balaban J connectivity index is 1.70. The third-order valence-corrected chi connectivity index (χ3v) is 4.20. The van der Waals surface area contributed by atoms with Crippen molar-refractivity contribution in [3.05, 3.63) is 77.6 Å². The van der Waals surface area contributed by atoms with Crippen molar-refractivity contribution in [3.63, 3.8) is 0 Å². The maximum absolute atomic E-state index is 12.4. The zero-order valence-electron chi connectivity index (χ0n) is 15.9. The number of benzene rings is 2. The van der Waals surface area contributed by atoms with Gasteiger partial charge in [0.05, 0.1) is 0 Å². The Morgan fingerprint density at radius 1 is 0.821 bits per heavy atom. The van der Waals surface area contributed by atoms with Gasteiger partial charge in [-0.2, -0.15) is 0 Å². The zero-order valence-corrected chi connectivity index (χ0v) is 15.9. The molecule has 6 nitrogen and oxygen atoms in total. The van der Waals surface area contributed by atoms with Crippen LogP contribution in [0.1, 0.15) is 38.2 Å². The Morgan fingerprint density at radius 3 is 2.00 bits per heavy atom. The zero-order chi connectivity index (χ0) is 20.3. The molecule has 2 aromatic carbocycles. The molecular weight excluding hydrogens is 356 g/mol. The molecule has 0 bridgehead atoms. The van der Waals surface area contributed by atoms with Crippen molar-refractivity contribution < 1.29 is 18.8 Å². The predicted molar refractivity (Wildman–Crippen MR) is 107 cm³/mol. The molecule has 0 unspecified atom stereocenters. The van der Waals surface area contributed by atoms with Crippen molar-refractivity contribution in [3.8, 4) is 11.3 Å². The van der Waals surface area contributed by atoms with E-state index in [2.05, 4.69) is 5.32 Å². The van der Waals surface area contributed by atoms with Gasteiger partial charge in [0, 0.05) is 36.5 Å². The first-order valence-electron chi connectivity index (χ1n) is 8.69. The van der Waals surface area contributed by atoms with Crippen LogP contribution in [0.5, 0.6) is 0 Å². The van der Waals surface area contributed by atoms with Gasteiger partial charge in [0.25, 0.3) is 11.8 Å². The molecule has 0 radical (unpaired) electrons. The van der Waals surface area contributed by atoms with Crippen molar-refractivity contribution >= 4 is 23.3 Å². The quantitative estimate of drug-likeness (QED) is 0.680. The van der Waals surface area contributed by atoms with Crippen molar-refractivity contribution in [1.82, 2.24) is 4.90 Å². The molecule has 28 heavy (non-hydrogen) atoms. The minimum atomic E-state index is -0.390. The first kappa shape index (κ1) is 19.1. The third-order valence-electron chi connectivity index (χ3n) is 4.20. The summed E-state index contributed by atoms with van der Waals surface area (Å²) in [4.78, 5) is 37.1. The number of hydrogen-bond acceptors (Lipinski definition) is 4. The number of anilines is 1. The van der Waals surface area contributed by atoms with Gasteiger partial charge in [-0.25, -0.2) is 0 Å². The van der Waals surface area contributed by atoms with Gasteiger partial charge in [-0.15, -0.1) is 0 Å². The van der Waals surface area contributed by atoms with Crippen molar-refractivity contribution in [2.24, 2.45) is 0 Å². The number of nitrogens with zero attached hydrogens (tertiary/aromatic N) is 1. The molecule has 6 heteroatoms. The lowest BCUT2D eigenvalue weighted by atomic mass is 10.1. The fourth-order valence-electron chi connectivity index (χ4n) is 2.63. The summed E-state index contributed by atoms with van der Waals surface area (Å²) < 4.78 is 5.64. The van der Waals surface area contributed by atoms with E-state index in [1.807, 2.05) is 0 Å². The maximum atomic E-state index is 12.4. The monoisotopic (exact) mass is 376 g/mol. The summed E-state index contributed by atoms with van der Waals surface area (Å²) >= 11 is 0. The molecule has 2 amide bonds. The van der Waals surface area contributed by atoms with E-state index in [4.69, 9.17) is 4.42 Å². The summed E-state index contributed by atoms with van der Waals surface area (Å²) in [6.45, 7) is 1.51.